The van der Waals surface area contributed by atoms with Gasteiger partial charge < -0.3 is 15.4 Å². The number of ether oxygens (including phenoxy) is 1. The number of hydrogen-bond acceptors (Lipinski definition) is 3. The largest absolute Gasteiger partial charge is 0.573 e. The van der Waals surface area contributed by atoms with Gasteiger partial charge >= 0.3 is 6.36 Å². The van der Waals surface area contributed by atoms with E-state index in [1.807, 2.05) is 32.9 Å². The van der Waals surface area contributed by atoms with Crippen LogP contribution in [0.1, 0.15) is 22.3 Å². The van der Waals surface area contributed by atoms with Crippen LogP contribution in [0.5, 0.6) is 5.75 Å². The Balaban J connectivity index is 1.85. The summed E-state index contributed by atoms with van der Waals surface area (Å²) in [6, 6.07) is 8.94. The van der Waals surface area contributed by atoms with Crippen LogP contribution in [0.2, 0.25) is 0 Å². The lowest BCUT2D eigenvalue weighted by Crippen LogP contribution is -2.32. The molecule has 0 saturated carbocycles. The number of rotatable bonds is 6. The van der Waals surface area contributed by atoms with Crippen molar-refractivity contribution in [1.82, 2.24) is 5.32 Å². The maximum absolute atomic E-state index is 12.1. The first-order valence-corrected chi connectivity index (χ1v) is 8.73. The van der Waals surface area contributed by atoms with Crippen LogP contribution in [-0.2, 0) is 9.59 Å². The lowest BCUT2D eigenvalue weighted by Gasteiger charge is -2.13. The molecule has 0 unspecified atom stereocenters. The molecule has 0 aromatic heterocycles. The number of amides is 2. The Morgan fingerprint density at radius 1 is 1.03 bits per heavy atom. The molecular weight excluding hydrogens is 385 g/mol. The molecule has 2 amide bonds. The number of aryl methyl sites for hydroxylation is 3. The highest BCUT2D eigenvalue weighted by atomic mass is 19.4. The van der Waals surface area contributed by atoms with Gasteiger partial charge in [0.1, 0.15) is 5.75 Å². The van der Waals surface area contributed by atoms with Crippen molar-refractivity contribution in [2.75, 3.05) is 11.9 Å². The molecule has 0 saturated heterocycles. The minimum atomic E-state index is -4.76. The van der Waals surface area contributed by atoms with E-state index >= 15 is 0 Å². The normalized spacial score (nSPS) is 11.4. The highest BCUT2D eigenvalue weighted by Crippen LogP contribution is 2.23. The molecule has 0 heterocycles. The maximum atomic E-state index is 12.1. The minimum Gasteiger partial charge on any atom is -0.406 e. The average Bonchev–Trinajstić information content (AvgIpc) is 2.61. The summed E-state index contributed by atoms with van der Waals surface area (Å²) in [6.45, 7) is 5.53. The fraction of sp³-hybridized carbons (Fsp3) is 0.238. The Morgan fingerprint density at radius 2 is 1.62 bits per heavy atom. The molecule has 0 bridgehead atoms. The number of alkyl halides is 3. The predicted molar refractivity (Wildman–Crippen MR) is 104 cm³/mol. The van der Waals surface area contributed by atoms with Crippen molar-refractivity contribution in [3.8, 4) is 5.75 Å². The Hall–Kier alpha value is -3.29. The number of hydrogen-bond donors (Lipinski definition) is 2. The summed E-state index contributed by atoms with van der Waals surface area (Å²) < 4.78 is 40.1. The van der Waals surface area contributed by atoms with Gasteiger partial charge in [-0.3, -0.25) is 9.59 Å². The Kier molecular flexibility index (Phi) is 7.03. The van der Waals surface area contributed by atoms with E-state index in [9.17, 15) is 22.8 Å². The zero-order valence-corrected chi connectivity index (χ0v) is 16.2. The lowest BCUT2D eigenvalue weighted by molar-refractivity contribution is -0.274. The topological polar surface area (TPSA) is 67.4 Å². The van der Waals surface area contributed by atoms with Crippen LogP contribution < -0.4 is 15.4 Å². The smallest absolute Gasteiger partial charge is 0.406 e. The standard InChI is InChI=1S/C21H21F3N2O3/c1-13-10-14(2)20(15(3)11-13)26-19(28)12-25-18(27)9-6-16-4-7-17(8-5-16)29-21(22,23)24/h4-11H,12H2,1-3H3,(H,25,27)(H,26,28)/b9-6+. The van der Waals surface area contributed by atoms with Crippen LogP contribution in [0.15, 0.2) is 42.5 Å². The second-order valence-corrected chi connectivity index (χ2v) is 6.49. The van der Waals surface area contributed by atoms with Crippen LogP contribution in [0.3, 0.4) is 0 Å². The summed E-state index contributed by atoms with van der Waals surface area (Å²) in [4.78, 5) is 23.9. The second kappa shape index (κ2) is 9.27. The molecule has 0 aliphatic heterocycles. The van der Waals surface area contributed by atoms with E-state index in [0.717, 1.165) is 28.8 Å². The number of anilines is 1. The zero-order chi connectivity index (χ0) is 21.6. The third-order valence-electron chi connectivity index (χ3n) is 3.91. The highest BCUT2D eigenvalue weighted by molar-refractivity contribution is 5.98. The lowest BCUT2D eigenvalue weighted by atomic mass is 10.1. The van der Waals surface area contributed by atoms with Gasteiger partial charge in [0, 0.05) is 11.8 Å². The van der Waals surface area contributed by atoms with Crippen molar-refractivity contribution in [3.63, 3.8) is 0 Å². The Labute approximate surface area is 166 Å². The number of nitrogens with one attached hydrogen (secondary N) is 2. The maximum Gasteiger partial charge on any atom is 0.573 e. The van der Waals surface area contributed by atoms with E-state index in [1.165, 1.54) is 24.3 Å². The van der Waals surface area contributed by atoms with Gasteiger partial charge in [-0.25, -0.2) is 0 Å². The van der Waals surface area contributed by atoms with Gasteiger partial charge in [-0.1, -0.05) is 29.8 Å². The number of benzene rings is 2. The van der Waals surface area contributed by atoms with Crippen LogP contribution >= 0.6 is 0 Å². The quantitative estimate of drug-likeness (QED) is 0.704. The highest BCUT2D eigenvalue weighted by Gasteiger charge is 2.30. The first-order chi connectivity index (χ1) is 13.5. The van der Waals surface area contributed by atoms with Crippen LogP contribution in [0.4, 0.5) is 18.9 Å². The van der Waals surface area contributed by atoms with Crippen molar-refractivity contribution in [1.29, 1.82) is 0 Å². The van der Waals surface area contributed by atoms with Gasteiger partial charge in [0.2, 0.25) is 11.8 Å². The zero-order valence-electron chi connectivity index (χ0n) is 16.2. The predicted octanol–water partition coefficient (Wildman–Crippen LogP) is 4.28. The molecule has 0 aliphatic rings. The molecule has 0 fully saturated rings. The van der Waals surface area contributed by atoms with Crippen molar-refractivity contribution in [2.45, 2.75) is 27.1 Å². The third-order valence-corrected chi connectivity index (χ3v) is 3.91. The molecule has 8 heteroatoms. The molecule has 2 rings (SSSR count). The van der Waals surface area contributed by atoms with Gasteiger partial charge in [0.15, 0.2) is 0 Å². The molecule has 2 N–H and O–H groups in total. The number of carbonyl (C=O) groups excluding carboxylic acids is 2. The van der Waals surface area contributed by atoms with E-state index in [0.29, 0.717) is 11.3 Å². The van der Waals surface area contributed by atoms with Crippen molar-refractivity contribution in [2.24, 2.45) is 0 Å². The fourth-order valence-electron chi connectivity index (χ4n) is 2.74. The minimum absolute atomic E-state index is 0.214. The van der Waals surface area contributed by atoms with Gasteiger partial charge in [0.05, 0.1) is 6.54 Å². The Morgan fingerprint density at radius 3 is 2.17 bits per heavy atom. The summed E-state index contributed by atoms with van der Waals surface area (Å²) in [5.74, 6) is -1.22. The summed E-state index contributed by atoms with van der Waals surface area (Å²) in [5, 5.41) is 5.23. The molecule has 5 nitrogen and oxygen atoms in total. The number of carbonyl (C=O) groups is 2. The van der Waals surface area contributed by atoms with E-state index in [1.54, 1.807) is 0 Å². The first kappa shape index (κ1) is 22.0. The van der Waals surface area contributed by atoms with Crippen LogP contribution in [-0.4, -0.2) is 24.7 Å². The SMILES string of the molecule is Cc1cc(C)c(NC(=O)CNC(=O)/C=C/c2ccc(OC(F)(F)F)cc2)c(C)c1. The monoisotopic (exact) mass is 406 g/mol. The van der Waals surface area contributed by atoms with Crippen LogP contribution in [0, 0.1) is 20.8 Å². The van der Waals surface area contributed by atoms with E-state index < -0.39 is 12.3 Å². The Bertz CT molecular complexity index is 897. The van der Waals surface area contributed by atoms with Gasteiger partial charge in [-0.15, -0.1) is 13.2 Å². The molecule has 0 aliphatic carbocycles. The van der Waals surface area contributed by atoms with Crippen molar-refractivity contribution in [3.05, 3.63) is 64.7 Å². The number of halogens is 3. The second-order valence-electron chi connectivity index (χ2n) is 6.49. The molecular formula is C21H21F3N2O3. The molecule has 0 radical (unpaired) electrons. The third kappa shape index (κ3) is 7.33. The van der Waals surface area contributed by atoms with Gasteiger partial charge in [0.25, 0.3) is 0 Å². The van der Waals surface area contributed by atoms with Crippen molar-refractivity contribution >= 4 is 23.6 Å². The summed E-state index contributed by atoms with van der Waals surface area (Å²) in [6.07, 6.45) is -2.15. The van der Waals surface area contributed by atoms with E-state index in [4.69, 9.17) is 0 Å². The molecule has 2 aromatic rings. The molecule has 154 valence electrons. The van der Waals surface area contributed by atoms with Crippen molar-refractivity contribution < 1.29 is 27.5 Å². The van der Waals surface area contributed by atoms with E-state index in [2.05, 4.69) is 15.4 Å². The summed E-state index contributed by atoms with van der Waals surface area (Å²) in [7, 11) is 0. The molecule has 2 aromatic carbocycles. The molecule has 0 atom stereocenters. The first-order valence-electron chi connectivity index (χ1n) is 8.73. The van der Waals surface area contributed by atoms with Gasteiger partial charge in [-0.2, -0.15) is 0 Å². The fourth-order valence-corrected chi connectivity index (χ4v) is 2.74. The summed E-state index contributed by atoms with van der Waals surface area (Å²) in [5.41, 5.74) is 4.17. The van der Waals surface area contributed by atoms with Crippen LogP contribution in [0.25, 0.3) is 6.08 Å². The molecule has 29 heavy (non-hydrogen) atoms. The van der Waals surface area contributed by atoms with Gasteiger partial charge in [-0.05, 0) is 55.7 Å². The summed E-state index contributed by atoms with van der Waals surface area (Å²) >= 11 is 0. The molecule has 0 spiro atoms. The average molecular weight is 406 g/mol. The van der Waals surface area contributed by atoms with E-state index in [-0.39, 0.29) is 18.2 Å².